The second kappa shape index (κ2) is 3.70. The molecule has 74 valence electrons. The van der Waals surface area contributed by atoms with E-state index in [1.165, 1.54) is 11.1 Å². The molecule has 2 N–H and O–H groups in total. The van der Waals surface area contributed by atoms with Crippen molar-refractivity contribution in [1.29, 1.82) is 0 Å². The Morgan fingerprint density at radius 3 is 3.21 bits per heavy atom. The fourth-order valence-electron chi connectivity index (χ4n) is 1.82. The third-order valence-electron chi connectivity index (χ3n) is 2.50. The van der Waals surface area contributed by atoms with Crippen LogP contribution in [-0.4, -0.2) is 5.91 Å². The van der Waals surface area contributed by atoms with E-state index in [1.807, 2.05) is 6.08 Å². The van der Waals surface area contributed by atoms with Gasteiger partial charge in [-0.15, -0.1) is 0 Å². The molecule has 0 bridgehead atoms. The van der Waals surface area contributed by atoms with Crippen molar-refractivity contribution in [3.63, 3.8) is 0 Å². The van der Waals surface area contributed by atoms with Crippen molar-refractivity contribution in [2.24, 2.45) is 5.73 Å². The molecule has 3 heteroatoms. The Morgan fingerprint density at radius 2 is 2.43 bits per heavy atom. The molecule has 0 fully saturated rings. The van der Waals surface area contributed by atoms with Gasteiger partial charge in [-0.1, -0.05) is 6.08 Å². The fourth-order valence-corrected chi connectivity index (χ4v) is 1.82. The normalized spacial score (nSPS) is 19.0. The highest BCUT2D eigenvalue weighted by Crippen LogP contribution is 2.33. The molecule has 0 saturated carbocycles. The van der Waals surface area contributed by atoms with Crippen LogP contribution in [0.3, 0.4) is 0 Å². The van der Waals surface area contributed by atoms with Crippen LogP contribution in [0.5, 0.6) is 0 Å². The van der Waals surface area contributed by atoms with Crippen molar-refractivity contribution in [3.8, 4) is 0 Å². The number of ether oxygens (including phenoxy) is 1. The standard InChI is InChI=1S/C11H13NO2/c12-11(13)5-4-10-9-3-1-2-8(9)6-7-14-10/h2,6-7H,1,3-5H2,(H2,12,13). The summed E-state index contributed by atoms with van der Waals surface area (Å²) in [7, 11) is 0. The van der Waals surface area contributed by atoms with Gasteiger partial charge in [-0.05, 0) is 30.1 Å². The number of rotatable bonds is 3. The van der Waals surface area contributed by atoms with Gasteiger partial charge in [0, 0.05) is 12.8 Å². The molecule has 1 aliphatic heterocycles. The highest BCUT2D eigenvalue weighted by molar-refractivity contribution is 5.74. The molecule has 0 aromatic heterocycles. The zero-order valence-corrected chi connectivity index (χ0v) is 7.95. The van der Waals surface area contributed by atoms with Crippen LogP contribution < -0.4 is 5.73 Å². The van der Waals surface area contributed by atoms with Crippen LogP contribution in [0.4, 0.5) is 0 Å². The predicted octanol–water partition coefficient (Wildman–Crippen LogP) is 1.77. The van der Waals surface area contributed by atoms with Gasteiger partial charge in [-0.2, -0.15) is 0 Å². The van der Waals surface area contributed by atoms with Crippen LogP contribution in [0.1, 0.15) is 25.7 Å². The van der Waals surface area contributed by atoms with Gasteiger partial charge in [0.15, 0.2) is 0 Å². The lowest BCUT2D eigenvalue weighted by Crippen LogP contribution is -2.11. The lowest BCUT2D eigenvalue weighted by Gasteiger charge is -2.15. The molecule has 0 unspecified atom stereocenters. The highest BCUT2D eigenvalue weighted by Gasteiger charge is 2.18. The average molecular weight is 191 g/mol. The summed E-state index contributed by atoms with van der Waals surface area (Å²) in [6.45, 7) is 0. The van der Waals surface area contributed by atoms with Gasteiger partial charge in [0.2, 0.25) is 5.91 Å². The van der Waals surface area contributed by atoms with E-state index in [0.29, 0.717) is 12.8 Å². The Kier molecular flexibility index (Phi) is 2.39. The maximum absolute atomic E-state index is 10.6. The van der Waals surface area contributed by atoms with E-state index in [-0.39, 0.29) is 5.91 Å². The molecule has 0 atom stereocenters. The second-order valence-corrected chi connectivity index (χ2v) is 3.49. The van der Waals surface area contributed by atoms with Crippen molar-refractivity contribution in [2.75, 3.05) is 0 Å². The lowest BCUT2D eigenvalue weighted by atomic mass is 10.0. The van der Waals surface area contributed by atoms with E-state index in [0.717, 1.165) is 18.6 Å². The number of nitrogens with two attached hydrogens (primary N) is 1. The summed E-state index contributed by atoms with van der Waals surface area (Å²) in [6, 6.07) is 0. The van der Waals surface area contributed by atoms with E-state index in [2.05, 4.69) is 6.08 Å². The number of hydrogen-bond donors (Lipinski definition) is 1. The maximum Gasteiger partial charge on any atom is 0.217 e. The summed E-state index contributed by atoms with van der Waals surface area (Å²) in [6.07, 6.45) is 8.91. The minimum atomic E-state index is -0.278. The first-order chi connectivity index (χ1) is 6.77. The first-order valence-corrected chi connectivity index (χ1v) is 4.81. The topological polar surface area (TPSA) is 52.3 Å². The van der Waals surface area contributed by atoms with Gasteiger partial charge >= 0.3 is 0 Å². The number of carbonyl (C=O) groups is 1. The second-order valence-electron chi connectivity index (χ2n) is 3.49. The molecule has 0 saturated heterocycles. The van der Waals surface area contributed by atoms with Crippen LogP contribution in [0.2, 0.25) is 0 Å². The largest absolute Gasteiger partial charge is 0.469 e. The summed E-state index contributed by atoms with van der Waals surface area (Å²) in [4.78, 5) is 10.6. The van der Waals surface area contributed by atoms with Crippen LogP contribution in [0.15, 0.2) is 35.3 Å². The van der Waals surface area contributed by atoms with Gasteiger partial charge in [-0.3, -0.25) is 4.79 Å². The average Bonchev–Trinajstić information content (AvgIpc) is 2.62. The number of primary amides is 1. The first kappa shape index (κ1) is 9.06. The van der Waals surface area contributed by atoms with Gasteiger partial charge in [-0.25, -0.2) is 0 Å². The van der Waals surface area contributed by atoms with Crippen LogP contribution in [0, 0.1) is 0 Å². The monoisotopic (exact) mass is 191 g/mol. The van der Waals surface area contributed by atoms with Crippen molar-refractivity contribution < 1.29 is 9.53 Å². The fraction of sp³-hybridized carbons (Fsp3) is 0.364. The molecule has 0 radical (unpaired) electrons. The molecule has 2 aliphatic rings. The summed E-state index contributed by atoms with van der Waals surface area (Å²) in [5.41, 5.74) is 7.59. The van der Waals surface area contributed by atoms with Crippen LogP contribution in [-0.2, 0) is 9.53 Å². The summed E-state index contributed by atoms with van der Waals surface area (Å²) >= 11 is 0. The molecule has 1 amide bonds. The minimum absolute atomic E-state index is 0.278. The van der Waals surface area contributed by atoms with Crippen LogP contribution >= 0.6 is 0 Å². The highest BCUT2D eigenvalue weighted by atomic mass is 16.5. The zero-order chi connectivity index (χ0) is 9.97. The molecule has 2 rings (SSSR count). The van der Waals surface area contributed by atoms with Gasteiger partial charge < -0.3 is 10.5 Å². The lowest BCUT2D eigenvalue weighted by molar-refractivity contribution is -0.118. The zero-order valence-electron chi connectivity index (χ0n) is 7.95. The Labute approximate surface area is 82.9 Å². The van der Waals surface area contributed by atoms with E-state index < -0.39 is 0 Å². The molecular weight excluding hydrogens is 178 g/mol. The maximum atomic E-state index is 10.6. The molecule has 1 heterocycles. The molecule has 14 heavy (non-hydrogen) atoms. The summed E-state index contributed by atoms with van der Waals surface area (Å²) in [5, 5.41) is 0. The number of fused-ring (bicyclic) bond motifs is 1. The van der Waals surface area contributed by atoms with Gasteiger partial charge in [0.1, 0.15) is 5.76 Å². The summed E-state index contributed by atoms with van der Waals surface area (Å²) in [5.74, 6) is 0.634. The third-order valence-corrected chi connectivity index (χ3v) is 2.50. The number of allylic oxidation sites excluding steroid dienone is 5. The quantitative estimate of drug-likeness (QED) is 0.739. The third kappa shape index (κ3) is 1.71. The van der Waals surface area contributed by atoms with E-state index >= 15 is 0 Å². The van der Waals surface area contributed by atoms with E-state index in [4.69, 9.17) is 10.5 Å². The number of carbonyl (C=O) groups excluding carboxylic acids is 1. The Bertz CT molecular complexity index is 350. The predicted molar refractivity (Wildman–Crippen MR) is 53.0 cm³/mol. The molecule has 3 nitrogen and oxygen atoms in total. The number of hydrogen-bond acceptors (Lipinski definition) is 2. The molecular formula is C11H13NO2. The molecule has 0 spiro atoms. The minimum Gasteiger partial charge on any atom is -0.469 e. The van der Waals surface area contributed by atoms with Crippen molar-refractivity contribution in [3.05, 3.63) is 35.3 Å². The first-order valence-electron chi connectivity index (χ1n) is 4.81. The Hall–Kier alpha value is -1.51. The van der Waals surface area contributed by atoms with Crippen molar-refractivity contribution >= 4 is 5.91 Å². The van der Waals surface area contributed by atoms with Crippen LogP contribution in [0.25, 0.3) is 0 Å². The summed E-state index contributed by atoms with van der Waals surface area (Å²) < 4.78 is 5.39. The molecule has 0 aromatic rings. The molecule has 0 aromatic carbocycles. The van der Waals surface area contributed by atoms with E-state index in [9.17, 15) is 4.79 Å². The SMILES string of the molecule is NC(=O)CCC1=C2CCC=C2C=CO1. The van der Waals surface area contributed by atoms with Gasteiger partial charge in [0.05, 0.1) is 6.26 Å². The number of amides is 1. The Morgan fingerprint density at radius 1 is 1.57 bits per heavy atom. The van der Waals surface area contributed by atoms with Crippen molar-refractivity contribution in [1.82, 2.24) is 0 Å². The van der Waals surface area contributed by atoms with Gasteiger partial charge in [0.25, 0.3) is 0 Å². The Balaban J connectivity index is 2.10. The van der Waals surface area contributed by atoms with Crippen molar-refractivity contribution in [2.45, 2.75) is 25.7 Å². The molecule has 1 aliphatic carbocycles. The van der Waals surface area contributed by atoms with E-state index in [1.54, 1.807) is 6.26 Å². The smallest absolute Gasteiger partial charge is 0.217 e.